The Kier molecular flexibility index (Phi) is 3.41. The van der Waals surface area contributed by atoms with Gasteiger partial charge in [0, 0.05) is 25.0 Å². The van der Waals surface area contributed by atoms with E-state index in [9.17, 15) is 9.59 Å². The van der Waals surface area contributed by atoms with Crippen LogP contribution in [0.5, 0.6) is 11.5 Å². The van der Waals surface area contributed by atoms with Crippen LogP contribution >= 0.6 is 0 Å². The van der Waals surface area contributed by atoms with Gasteiger partial charge in [-0.15, -0.1) is 0 Å². The van der Waals surface area contributed by atoms with E-state index in [1.165, 1.54) is 14.0 Å². The number of esters is 1. The standard InChI is InChI=1S/C13H14N2O4/c1-7(16)19-12-11(18-3)9-5-4-8(14-2)6-10(9)15-13(12)17/h4-6,14H,1-3H3,(H,15,17). The van der Waals surface area contributed by atoms with Gasteiger partial charge < -0.3 is 19.8 Å². The van der Waals surface area contributed by atoms with Gasteiger partial charge in [-0.25, -0.2) is 0 Å². The highest BCUT2D eigenvalue weighted by atomic mass is 16.6. The maximum atomic E-state index is 11.9. The first-order valence-electron chi connectivity index (χ1n) is 5.67. The van der Waals surface area contributed by atoms with Crippen molar-refractivity contribution in [3.05, 3.63) is 28.6 Å². The Morgan fingerprint density at radius 1 is 1.32 bits per heavy atom. The van der Waals surface area contributed by atoms with Crippen molar-refractivity contribution in [1.82, 2.24) is 4.98 Å². The number of hydrogen-bond donors (Lipinski definition) is 2. The van der Waals surface area contributed by atoms with Crippen LogP contribution in [0.4, 0.5) is 5.69 Å². The van der Waals surface area contributed by atoms with Crippen LogP contribution in [0.2, 0.25) is 0 Å². The molecule has 1 heterocycles. The van der Waals surface area contributed by atoms with Crippen molar-refractivity contribution in [3.63, 3.8) is 0 Å². The first kappa shape index (κ1) is 12.9. The molecule has 19 heavy (non-hydrogen) atoms. The fourth-order valence-electron chi connectivity index (χ4n) is 1.84. The zero-order chi connectivity index (χ0) is 14.0. The van der Waals surface area contributed by atoms with Gasteiger partial charge >= 0.3 is 5.97 Å². The quantitative estimate of drug-likeness (QED) is 0.819. The van der Waals surface area contributed by atoms with Crippen molar-refractivity contribution >= 4 is 22.6 Å². The molecule has 0 fully saturated rings. The molecule has 0 aliphatic heterocycles. The lowest BCUT2D eigenvalue weighted by atomic mass is 10.1. The lowest BCUT2D eigenvalue weighted by molar-refractivity contribution is -0.132. The molecule has 1 aromatic heterocycles. The molecule has 0 spiro atoms. The highest BCUT2D eigenvalue weighted by Gasteiger charge is 2.16. The van der Waals surface area contributed by atoms with E-state index < -0.39 is 11.5 Å². The number of pyridine rings is 1. The van der Waals surface area contributed by atoms with Gasteiger partial charge in [0.25, 0.3) is 5.56 Å². The molecule has 2 aromatic rings. The average Bonchev–Trinajstić information content (AvgIpc) is 2.38. The molecule has 100 valence electrons. The van der Waals surface area contributed by atoms with Crippen LogP contribution in [0.25, 0.3) is 10.9 Å². The number of rotatable bonds is 3. The fourth-order valence-corrected chi connectivity index (χ4v) is 1.84. The number of ether oxygens (including phenoxy) is 2. The van der Waals surface area contributed by atoms with Gasteiger partial charge in [-0.2, -0.15) is 0 Å². The van der Waals surface area contributed by atoms with Gasteiger partial charge in [0.15, 0.2) is 5.75 Å². The van der Waals surface area contributed by atoms with E-state index in [0.29, 0.717) is 10.9 Å². The largest absolute Gasteiger partial charge is 0.492 e. The molecule has 0 aliphatic carbocycles. The van der Waals surface area contributed by atoms with Crippen LogP contribution in [-0.4, -0.2) is 25.1 Å². The summed E-state index contributed by atoms with van der Waals surface area (Å²) in [6, 6.07) is 5.39. The van der Waals surface area contributed by atoms with Crippen molar-refractivity contribution in [2.24, 2.45) is 0 Å². The third-order valence-electron chi connectivity index (χ3n) is 2.66. The number of anilines is 1. The minimum atomic E-state index is -0.574. The number of carbonyl (C=O) groups is 1. The van der Waals surface area contributed by atoms with E-state index >= 15 is 0 Å². The molecule has 6 nitrogen and oxygen atoms in total. The monoisotopic (exact) mass is 262 g/mol. The van der Waals surface area contributed by atoms with E-state index in [2.05, 4.69) is 10.3 Å². The van der Waals surface area contributed by atoms with E-state index in [1.54, 1.807) is 19.2 Å². The number of aromatic amines is 1. The lowest BCUT2D eigenvalue weighted by Crippen LogP contribution is -2.15. The third-order valence-corrected chi connectivity index (χ3v) is 2.66. The van der Waals surface area contributed by atoms with Gasteiger partial charge in [-0.3, -0.25) is 9.59 Å². The number of aromatic nitrogens is 1. The van der Waals surface area contributed by atoms with Crippen LogP contribution in [-0.2, 0) is 4.79 Å². The van der Waals surface area contributed by atoms with Gasteiger partial charge in [0.05, 0.1) is 12.6 Å². The second-order valence-corrected chi connectivity index (χ2v) is 3.92. The predicted octanol–water partition coefficient (Wildman–Crippen LogP) is 1.50. The van der Waals surface area contributed by atoms with Crippen LogP contribution in [0.3, 0.4) is 0 Å². The molecule has 0 aliphatic rings. The van der Waals surface area contributed by atoms with Crippen molar-refractivity contribution in [3.8, 4) is 11.5 Å². The Balaban J connectivity index is 2.75. The normalized spacial score (nSPS) is 10.3. The highest BCUT2D eigenvalue weighted by molar-refractivity contribution is 5.90. The molecule has 0 saturated heterocycles. The summed E-state index contributed by atoms with van der Waals surface area (Å²) in [6.45, 7) is 1.23. The molecule has 1 aromatic carbocycles. The van der Waals surface area contributed by atoms with Gasteiger partial charge in [-0.1, -0.05) is 0 Å². The summed E-state index contributed by atoms with van der Waals surface area (Å²) in [5.41, 5.74) is 0.947. The summed E-state index contributed by atoms with van der Waals surface area (Å²) < 4.78 is 10.1. The number of benzene rings is 1. The fraction of sp³-hybridized carbons (Fsp3) is 0.231. The summed E-state index contributed by atoms with van der Waals surface area (Å²) in [4.78, 5) is 25.6. The van der Waals surface area contributed by atoms with E-state index in [-0.39, 0.29) is 11.5 Å². The minimum Gasteiger partial charge on any atom is -0.492 e. The molecule has 0 bridgehead atoms. The zero-order valence-electron chi connectivity index (χ0n) is 10.9. The minimum absolute atomic E-state index is 0.125. The topological polar surface area (TPSA) is 80.4 Å². The molecular weight excluding hydrogens is 248 g/mol. The first-order valence-corrected chi connectivity index (χ1v) is 5.67. The Morgan fingerprint density at radius 2 is 2.05 bits per heavy atom. The number of carbonyl (C=O) groups excluding carboxylic acids is 1. The Hall–Kier alpha value is -2.50. The molecule has 0 saturated carbocycles. The van der Waals surface area contributed by atoms with Crippen molar-refractivity contribution < 1.29 is 14.3 Å². The Labute approximate surface area is 109 Å². The third kappa shape index (κ3) is 2.37. The van der Waals surface area contributed by atoms with Gasteiger partial charge in [0.1, 0.15) is 0 Å². The van der Waals surface area contributed by atoms with Gasteiger partial charge in [0.2, 0.25) is 5.75 Å². The van der Waals surface area contributed by atoms with E-state index in [1.807, 2.05) is 6.07 Å². The zero-order valence-corrected chi connectivity index (χ0v) is 10.9. The van der Waals surface area contributed by atoms with E-state index in [0.717, 1.165) is 5.69 Å². The van der Waals surface area contributed by atoms with Crippen LogP contribution in [0.1, 0.15) is 6.92 Å². The summed E-state index contributed by atoms with van der Waals surface area (Å²) in [5, 5.41) is 3.64. The molecule has 0 atom stereocenters. The van der Waals surface area contributed by atoms with Gasteiger partial charge in [-0.05, 0) is 18.2 Å². The van der Waals surface area contributed by atoms with Crippen molar-refractivity contribution in [1.29, 1.82) is 0 Å². The van der Waals surface area contributed by atoms with E-state index in [4.69, 9.17) is 9.47 Å². The number of H-pyrrole nitrogens is 1. The number of methoxy groups -OCH3 is 1. The summed E-state index contributed by atoms with van der Waals surface area (Å²) in [5.74, 6) is -0.452. The molecule has 2 rings (SSSR count). The lowest BCUT2D eigenvalue weighted by Gasteiger charge is -2.11. The van der Waals surface area contributed by atoms with Crippen LogP contribution in [0.15, 0.2) is 23.0 Å². The maximum Gasteiger partial charge on any atom is 0.308 e. The smallest absolute Gasteiger partial charge is 0.308 e. The SMILES string of the molecule is CNc1ccc2c(OC)c(OC(C)=O)c(=O)[nH]c2c1. The molecule has 2 N–H and O–H groups in total. The Bertz CT molecular complexity index is 691. The van der Waals surface area contributed by atoms with Crippen molar-refractivity contribution in [2.75, 3.05) is 19.5 Å². The molecule has 0 amide bonds. The second kappa shape index (κ2) is 5.01. The van der Waals surface area contributed by atoms with Crippen LogP contribution < -0.4 is 20.3 Å². The number of fused-ring (bicyclic) bond motifs is 1. The Morgan fingerprint density at radius 3 is 2.63 bits per heavy atom. The highest BCUT2D eigenvalue weighted by Crippen LogP contribution is 2.32. The molecule has 6 heteroatoms. The second-order valence-electron chi connectivity index (χ2n) is 3.92. The molecule has 0 radical (unpaired) electrons. The van der Waals surface area contributed by atoms with Crippen LogP contribution in [0, 0.1) is 0 Å². The molecular formula is C13H14N2O4. The summed E-state index contributed by atoms with van der Waals surface area (Å²) in [6.07, 6.45) is 0. The first-order chi connectivity index (χ1) is 9.06. The predicted molar refractivity (Wildman–Crippen MR) is 72.0 cm³/mol. The molecule has 0 unspecified atom stereocenters. The average molecular weight is 262 g/mol. The number of nitrogens with one attached hydrogen (secondary N) is 2. The summed E-state index contributed by atoms with van der Waals surface area (Å²) >= 11 is 0. The number of hydrogen-bond acceptors (Lipinski definition) is 5. The maximum absolute atomic E-state index is 11.9. The van der Waals surface area contributed by atoms with Crippen molar-refractivity contribution in [2.45, 2.75) is 6.92 Å². The summed E-state index contributed by atoms with van der Waals surface area (Å²) in [7, 11) is 3.21.